The molecule has 4 fully saturated rings. The van der Waals surface area contributed by atoms with Crippen molar-refractivity contribution in [1.82, 2.24) is 0 Å². The smallest absolute Gasteiger partial charge is 0.119 e. The van der Waals surface area contributed by atoms with E-state index < -0.39 is 0 Å². The minimum atomic E-state index is 0.199. The van der Waals surface area contributed by atoms with E-state index in [4.69, 9.17) is 18.9 Å². The van der Waals surface area contributed by atoms with Crippen LogP contribution in [0.1, 0.15) is 26.2 Å². The van der Waals surface area contributed by atoms with Crippen molar-refractivity contribution in [2.75, 3.05) is 26.4 Å². The summed E-state index contributed by atoms with van der Waals surface area (Å²) in [6.45, 7) is 5.37. The predicted octanol–water partition coefficient (Wildman–Crippen LogP) is 4.45. The zero-order valence-corrected chi connectivity index (χ0v) is 16.4. The summed E-state index contributed by atoms with van der Waals surface area (Å²) in [5.74, 6) is 4.07. The molecule has 148 valence electrons. The molecule has 4 aliphatic rings. The highest BCUT2D eigenvalue weighted by Crippen LogP contribution is 2.58. The highest BCUT2D eigenvalue weighted by Gasteiger charge is 2.63. The number of hydrogen-bond acceptors (Lipinski definition) is 4. The molecule has 5 unspecified atom stereocenters. The van der Waals surface area contributed by atoms with Gasteiger partial charge in [0.05, 0.1) is 44.1 Å². The Balaban J connectivity index is 1.12. The van der Waals surface area contributed by atoms with Crippen LogP contribution in [0.3, 0.4) is 0 Å². The van der Waals surface area contributed by atoms with E-state index in [0.29, 0.717) is 18.1 Å². The Bertz CT molecular complexity index is 884. The number of benzene rings is 2. The molecule has 2 saturated heterocycles. The maximum Gasteiger partial charge on any atom is 0.119 e. The van der Waals surface area contributed by atoms with E-state index in [2.05, 4.69) is 43.3 Å². The third kappa shape index (κ3) is 2.81. The lowest BCUT2D eigenvalue weighted by Crippen LogP contribution is -2.46. The highest BCUT2D eigenvalue weighted by molar-refractivity contribution is 5.85. The van der Waals surface area contributed by atoms with Gasteiger partial charge in [-0.25, -0.2) is 0 Å². The van der Waals surface area contributed by atoms with Crippen LogP contribution in [0.15, 0.2) is 36.4 Å². The van der Waals surface area contributed by atoms with E-state index in [-0.39, 0.29) is 5.41 Å². The van der Waals surface area contributed by atoms with Gasteiger partial charge in [0.1, 0.15) is 11.5 Å². The first-order valence-electron chi connectivity index (χ1n) is 10.8. The van der Waals surface area contributed by atoms with Gasteiger partial charge in [-0.05, 0) is 72.1 Å². The van der Waals surface area contributed by atoms with E-state index in [1.165, 1.54) is 23.6 Å². The van der Waals surface area contributed by atoms with Crippen molar-refractivity contribution in [3.63, 3.8) is 0 Å². The molecule has 0 aromatic heterocycles. The van der Waals surface area contributed by atoms with Crippen LogP contribution in [0.5, 0.6) is 11.5 Å². The Labute approximate surface area is 166 Å². The van der Waals surface area contributed by atoms with Crippen molar-refractivity contribution in [3.05, 3.63) is 36.4 Å². The number of ether oxygens (including phenoxy) is 4. The largest absolute Gasteiger partial charge is 0.493 e. The highest BCUT2D eigenvalue weighted by atomic mass is 16.6. The molecule has 0 radical (unpaired) electrons. The Kier molecular flexibility index (Phi) is 3.89. The molecule has 0 amide bonds. The monoisotopic (exact) mass is 380 g/mol. The molecule has 2 bridgehead atoms. The summed E-state index contributed by atoms with van der Waals surface area (Å²) in [6, 6.07) is 12.7. The molecule has 2 heterocycles. The van der Waals surface area contributed by atoms with Gasteiger partial charge in [0.2, 0.25) is 0 Å². The van der Waals surface area contributed by atoms with Crippen molar-refractivity contribution in [2.45, 2.75) is 38.4 Å². The first-order chi connectivity index (χ1) is 13.7. The zero-order chi connectivity index (χ0) is 18.7. The minimum absolute atomic E-state index is 0.199. The fraction of sp³-hybridized carbons (Fsp3) is 0.583. The predicted molar refractivity (Wildman–Crippen MR) is 107 cm³/mol. The normalized spacial score (nSPS) is 34.1. The average molecular weight is 380 g/mol. The first kappa shape index (κ1) is 17.1. The topological polar surface area (TPSA) is 40.2 Å². The summed E-state index contributed by atoms with van der Waals surface area (Å²) >= 11 is 0. The fourth-order valence-corrected chi connectivity index (χ4v) is 5.53. The second-order valence-electron chi connectivity index (χ2n) is 9.34. The molecule has 2 aromatic carbocycles. The molecule has 28 heavy (non-hydrogen) atoms. The summed E-state index contributed by atoms with van der Waals surface area (Å²) < 4.78 is 23.5. The molecule has 0 spiro atoms. The van der Waals surface area contributed by atoms with Crippen LogP contribution in [-0.2, 0) is 9.47 Å². The molecule has 2 saturated carbocycles. The molecular formula is C24H28O4. The van der Waals surface area contributed by atoms with Crippen LogP contribution in [0, 0.1) is 23.2 Å². The number of fused-ring (bicyclic) bond motifs is 6. The third-order valence-corrected chi connectivity index (χ3v) is 7.59. The van der Waals surface area contributed by atoms with Crippen LogP contribution < -0.4 is 9.47 Å². The van der Waals surface area contributed by atoms with Gasteiger partial charge in [-0.3, -0.25) is 0 Å². The minimum Gasteiger partial charge on any atom is -0.493 e. The van der Waals surface area contributed by atoms with Gasteiger partial charge in [0, 0.05) is 0 Å². The van der Waals surface area contributed by atoms with E-state index in [0.717, 1.165) is 56.2 Å². The van der Waals surface area contributed by atoms with Gasteiger partial charge in [-0.1, -0.05) is 19.1 Å². The number of hydrogen-bond donors (Lipinski definition) is 0. The summed E-state index contributed by atoms with van der Waals surface area (Å²) in [5.41, 5.74) is 0.199. The Hall–Kier alpha value is -1.78. The molecule has 4 heteroatoms. The van der Waals surface area contributed by atoms with Gasteiger partial charge in [-0.15, -0.1) is 0 Å². The molecule has 0 N–H and O–H groups in total. The quantitative estimate of drug-likeness (QED) is 0.666. The molecule has 5 atom stereocenters. The molecular weight excluding hydrogens is 352 g/mol. The van der Waals surface area contributed by atoms with Crippen LogP contribution >= 0.6 is 0 Å². The molecule has 2 aromatic rings. The van der Waals surface area contributed by atoms with Gasteiger partial charge in [0.25, 0.3) is 0 Å². The summed E-state index contributed by atoms with van der Waals surface area (Å²) in [4.78, 5) is 0. The summed E-state index contributed by atoms with van der Waals surface area (Å²) in [6.07, 6.45) is 4.87. The van der Waals surface area contributed by atoms with Crippen molar-refractivity contribution in [2.24, 2.45) is 23.2 Å². The van der Waals surface area contributed by atoms with Crippen molar-refractivity contribution < 1.29 is 18.9 Å². The number of rotatable bonds is 7. The van der Waals surface area contributed by atoms with Crippen LogP contribution in [-0.4, -0.2) is 38.6 Å². The average Bonchev–Trinajstić information content (AvgIpc) is 3.30. The Morgan fingerprint density at radius 3 is 2.39 bits per heavy atom. The van der Waals surface area contributed by atoms with Gasteiger partial charge >= 0.3 is 0 Å². The zero-order valence-electron chi connectivity index (χ0n) is 16.4. The lowest BCUT2D eigenvalue weighted by molar-refractivity contribution is -0.133. The third-order valence-electron chi connectivity index (χ3n) is 7.59. The second kappa shape index (κ2) is 6.36. The molecule has 6 rings (SSSR count). The first-order valence-corrected chi connectivity index (χ1v) is 10.8. The molecule has 2 aliphatic carbocycles. The van der Waals surface area contributed by atoms with E-state index >= 15 is 0 Å². The van der Waals surface area contributed by atoms with Crippen molar-refractivity contribution >= 4 is 10.8 Å². The molecule has 2 aliphatic heterocycles. The lowest BCUT2D eigenvalue weighted by atomic mass is 9.84. The SMILES string of the molecule is CCC1(COc2ccc3ccc(OCC4CC5CC4C4OC54)cc3c2)COC1. The van der Waals surface area contributed by atoms with Crippen molar-refractivity contribution in [3.8, 4) is 11.5 Å². The van der Waals surface area contributed by atoms with Gasteiger partial charge < -0.3 is 18.9 Å². The Morgan fingerprint density at radius 1 is 0.964 bits per heavy atom. The van der Waals surface area contributed by atoms with Gasteiger partial charge in [-0.2, -0.15) is 0 Å². The van der Waals surface area contributed by atoms with Crippen molar-refractivity contribution in [1.29, 1.82) is 0 Å². The van der Waals surface area contributed by atoms with Crippen LogP contribution in [0.25, 0.3) is 10.8 Å². The fourth-order valence-electron chi connectivity index (χ4n) is 5.53. The summed E-state index contributed by atoms with van der Waals surface area (Å²) in [5, 5.41) is 2.38. The maximum atomic E-state index is 6.20. The number of epoxide rings is 1. The Morgan fingerprint density at radius 2 is 1.75 bits per heavy atom. The van der Waals surface area contributed by atoms with E-state index in [9.17, 15) is 0 Å². The maximum absolute atomic E-state index is 6.20. The van der Waals surface area contributed by atoms with Crippen LogP contribution in [0.2, 0.25) is 0 Å². The van der Waals surface area contributed by atoms with E-state index in [1.807, 2.05) is 0 Å². The second-order valence-corrected chi connectivity index (χ2v) is 9.34. The van der Waals surface area contributed by atoms with E-state index in [1.54, 1.807) is 0 Å². The summed E-state index contributed by atoms with van der Waals surface area (Å²) in [7, 11) is 0. The van der Waals surface area contributed by atoms with Gasteiger partial charge in [0.15, 0.2) is 0 Å². The standard InChI is InChI=1S/C24H28O4/c1-2-24(12-25-13-24)14-27-20-6-4-15-3-5-19(8-16(15)9-20)26-11-18-7-17-10-21(18)23-22(17)28-23/h3-6,8-9,17-18,21-23H,2,7,10-14H2,1H3. The van der Waals surface area contributed by atoms with Crippen LogP contribution in [0.4, 0.5) is 0 Å². The molecule has 4 nitrogen and oxygen atoms in total. The lowest BCUT2D eigenvalue weighted by Gasteiger charge is -2.40.